The largest absolute Gasteiger partial charge is 0.481 e. The maximum absolute atomic E-state index is 12.2. The SMILES string of the molecule is CC(Oc1ccc(-c2ccccc2)cc1)C(=O)N/N=C/c1c(Cl)cccc1Cl. The second kappa shape index (κ2) is 9.40. The van der Waals surface area contributed by atoms with Crippen molar-refractivity contribution in [2.75, 3.05) is 0 Å². The van der Waals surface area contributed by atoms with E-state index in [9.17, 15) is 4.79 Å². The van der Waals surface area contributed by atoms with Gasteiger partial charge in [-0.1, -0.05) is 71.7 Å². The maximum atomic E-state index is 12.2. The van der Waals surface area contributed by atoms with Crippen LogP contribution in [0, 0.1) is 0 Å². The Kier molecular flexibility index (Phi) is 6.69. The highest BCUT2D eigenvalue weighted by Gasteiger charge is 2.14. The number of amides is 1. The second-order valence-corrected chi connectivity index (χ2v) is 6.83. The fourth-order valence-corrected chi connectivity index (χ4v) is 2.99. The van der Waals surface area contributed by atoms with Crippen LogP contribution in [0.1, 0.15) is 12.5 Å². The van der Waals surface area contributed by atoms with Gasteiger partial charge in [0, 0.05) is 5.56 Å². The smallest absolute Gasteiger partial charge is 0.280 e. The third-order valence-electron chi connectivity index (χ3n) is 4.01. The second-order valence-electron chi connectivity index (χ2n) is 6.02. The number of ether oxygens (including phenoxy) is 1. The van der Waals surface area contributed by atoms with Gasteiger partial charge in [0.05, 0.1) is 16.3 Å². The molecular weight excluding hydrogens is 395 g/mol. The Morgan fingerprint density at radius 3 is 2.18 bits per heavy atom. The van der Waals surface area contributed by atoms with Crippen molar-refractivity contribution in [2.24, 2.45) is 5.10 Å². The van der Waals surface area contributed by atoms with Gasteiger partial charge >= 0.3 is 0 Å². The molecule has 0 heterocycles. The van der Waals surface area contributed by atoms with E-state index in [1.165, 1.54) is 6.21 Å². The molecule has 0 radical (unpaired) electrons. The fraction of sp³-hybridized carbons (Fsp3) is 0.0909. The molecule has 3 aromatic rings. The topological polar surface area (TPSA) is 50.7 Å². The Bertz CT molecular complexity index is 953. The first kappa shape index (κ1) is 19.9. The average molecular weight is 413 g/mol. The Morgan fingerprint density at radius 2 is 1.54 bits per heavy atom. The summed E-state index contributed by atoms with van der Waals surface area (Å²) in [6, 6.07) is 22.7. The first-order valence-electron chi connectivity index (χ1n) is 8.63. The van der Waals surface area contributed by atoms with Crippen LogP contribution in [0.4, 0.5) is 0 Å². The van der Waals surface area contributed by atoms with Crippen molar-refractivity contribution in [3.8, 4) is 16.9 Å². The van der Waals surface area contributed by atoms with Crippen molar-refractivity contribution in [1.29, 1.82) is 0 Å². The number of nitrogens with zero attached hydrogens (tertiary/aromatic N) is 1. The number of halogens is 2. The van der Waals surface area contributed by atoms with Crippen LogP contribution in [0.3, 0.4) is 0 Å². The summed E-state index contributed by atoms with van der Waals surface area (Å²) >= 11 is 12.1. The quantitative estimate of drug-likeness (QED) is 0.424. The monoisotopic (exact) mass is 412 g/mol. The number of benzene rings is 3. The van der Waals surface area contributed by atoms with Gasteiger partial charge in [-0.3, -0.25) is 4.79 Å². The summed E-state index contributed by atoms with van der Waals surface area (Å²) in [5.41, 5.74) is 5.16. The van der Waals surface area contributed by atoms with Gasteiger partial charge in [-0.05, 0) is 42.3 Å². The number of carbonyl (C=O) groups is 1. The predicted molar refractivity (Wildman–Crippen MR) is 114 cm³/mol. The van der Waals surface area contributed by atoms with Crippen molar-refractivity contribution in [1.82, 2.24) is 5.43 Å². The van der Waals surface area contributed by atoms with Crippen LogP contribution < -0.4 is 10.2 Å². The van der Waals surface area contributed by atoms with Crippen molar-refractivity contribution < 1.29 is 9.53 Å². The minimum Gasteiger partial charge on any atom is -0.481 e. The number of nitrogens with one attached hydrogen (secondary N) is 1. The van der Waals surface area contributed by atoms with Gasteiger partial charge in [0.25, 0.3) is 5.91 Å². The third kappa shape index (κ3) is 5.12. The molecule has 1 amide bonds. The van der Waals surface area contributed by atoms with Crippen LogP contribution in [-0.2, 0) is 4.79 Å². The molecule has 0 aliphatic rings. The van der Waals surface area contributed by atoms with Crippen LogP contribution in [0.5, 0.6) is 5.75 Å². The summed E-state index contributed by atoms with van der Waals surface area (Å²) in [7, 11) is 0. The maximum Gasteiger partial charge on any atom is 0.280 e. The molecule has 1 N–H and O–H groups in total. The number of hydrogen-bond donors (Lipinski definition) is 1. The fourth-order valence-electron chi connectivity index (χ4n) is 2.50. The zero-order chi connectivity index (χ0) is 19.9. The van der Waals surface area contributed by atoms with E-state index in [0.717, 1.165) is 11.1 Å². The lowest BCUT2D eigenvalue weighted by Gasteiger charge is -2.13. The molecule has 142 valence electrons. The molecule has 3 aromatic carbocycles. The summed E-state index contributed by atoms with van der Waals surface area (Å²) in [6.07, 6.45) is 0.686. The molecule has 0 saturated carbocycles. The van der Waals surface area contributed by atoms with E-state index in [4.69, 9.17) is 27.9 Å². The summed E-state index contributed by atoms with van der Waals surface area (Å²) in [5, 5.41) is 4.81. The average Bonchev–Trinajstić information content (AvgIpc) is 2.71. The van der Waals surface area contributed by atoms with Crippen LogP contribution in [0.15, 0.2) is 77.9 Å². The lowest BCUT2D eigenvalue weighted by molar-refractivity contribution is -0.127. The van der Waals surface area contributed by atoms with Crippen LogP contribution >= 0.6 is 23.2 Å². The zero-order valence-corrected chi connectivity index (χ0v) is 16.6. The van der Waals surface area contributed by atoms with E-state index in [-0.39, 0.29) is 5.91 Å². The Hall–Kier alpha value is -2.82. The molecule has 1 atom stereocenters. The molecule has 0 spiro atoms. The van der Waals surface area contributed by atoms with Crippen molar-refractivity contribution >= 4 is 35.3 Å². The highest BCUT2D eigenvalue weighted by atomic mass is 35.5. The third-order valence-corrected chi connectivity index (χ3v) is 4.67. The summed E-state index contributed by atoms with van der Waals surface area (Å²) < 4.78 is 5.68. The molecule has 0 aromatic heterocycles. The van der Waals surface area contributed by atoms with Gasteiger partial charge in [0.15, 0.2) is 6.10 Å². The van der Waals surface area contributed by atoms with E-state index in [1.54, 1.807) is 25.1 Å². The Labute approximate surface area is 173 Å². The van der Waals surface area contributed by atoms with Gasteiger partial charge in [-0.25, -0.2) is 5.43 Å². The number of hydrogen-bond acceptors (Lipinski definition) is 3. The van der Waals surface area contributed by atoms with Crippen LogP contribution in [0.25, 0.3) is 11.1 Å². The standard InChI is InChI=1S/C22H18Cl2N2O2/c1-15(22(27)26-25-14-19-20(23)8-5-9-21(19)24)28-18-12-10-17(11-13-18)16-6-3-2-4-7-16/h2-15H,1H3,(H,26,27)/b25-14+. The van der Waals surface area contributed by atoms with Gasteiger partial charge in [-0.15, -0.1) is 0 Å². The van der Waals surface area contributed by atoms with Gasteiger partial charge in [-0.2, -0.15) is 5.10 Å². The minimum absolute atomic E-state index is 0.383. The molecule has 28 heavy (non-hydrogen) atoms. The molecule has 4 nitrogen and oxygen atoms in total. The summed E-state index contributed by atoms with van der Waals surface area (Å²) in [5.74, 6) is 0.215. The molecular formula is C22H18Cl2N2O2. The lowest BCUT2D eigenvalue weighted by atomic mass is 10.1. The van der Waals surface area contributed by atoms with Crippen molar-refractivity contribution in [3.05, 3.63) is 88.4 Å². The van der Waals surface area contributed by atoms with E-state index < -0.39 is 6.10 Å². The van der Waals surface area contributed by atoms with E-state index in [1.807, 2.05) is 54.6 Å². The molecule has 0 aliphatic heterocycles. The highest BCUT2D eigenvalue weighted by Crippen LogP contribution is 2.23. The summed E-state index contributed by atoms with van der Waals surface area (Å²) in [6.45, 7) is 1.65. The first-order chi connectivity index (χ1) is 13.5. The molecule has 0 aliphatic carbocycles. The van der Waals surface area contributed by atoms with Crippen molar-refractivity contribution in [2.45, 2.75) is 13.0 Å². The van der Waals surface area contributed by atoms with Gasteiger partial charge < -0.3 is 4.74 Å². The normalized spacial score (nSPS) is 12.0. The van der Waals surface area contributed by atoms with Gasteiger partial charge in [0.2, 0.25) is 0 Å². The van der Waals surface area contributed by atoms with Crippen molar-refractivity contribution in [3.63, 3.8) is 0 Å². The van der Waals surface area contributed by atoms with Crippen LogP contribution in [0.2, 0.25) is 10.0 Å². The predicted octanol–water partition coefficient (Wildman–Crippen LogP) is 5.58. The van der Waals surface area contributed by atoms with E-state index in [2.05, 4.69) is 10.5 Å². The Balaban J connectivity index is 1.57. The minimum atomic E-state index is -0.721. The molecule has 3 rings (SSSR count). The molecule has 6 heteroatoms. The molecule has 0 bridgehead atoms. The number of hydrazone groups is 1. The van der Waals surface area contributed by atoms with E-state index in [0.29, 0.717) is 21.4 Å². The number of rotatable bonds is 6. The lowest BCUT2D eigenvalue weighted by Crippen LogP contribution is -2.33. The van der Waals surface area contributed by atoms with E-state index >= 15 is 0 Å². The zero-order valence-electron chi connectivity index (χ0n) is 15.1. The van der Waals surface area contributed by atoms with Crippen LogP contribution in [-0.4, -0.2) is 18.2 Å². The molecule has 0 saturated heterocycles. The van der Waals surface area contributed by atoms with Gasteiger partial charge in [0.1, 0.15) is 5.75 Å². The number of carbonyl (C=O) groups excluding carboxylic acids is 1. The first-order valence-corrected chi connectivity index (χ1v) is 9.39. The Morgan fingerprint density at radius 1 is 0.929 bits per heavy atom. The summed E-state index contributed by atoms with van der Waals surface area (Å²) in [4.78, 5) is 12.2. The molecule has 0 fully saturated rings. The highest BCUT2D eigenvalue weighted by molar-refractivity contribution is 6.38. The molecule has 1 unspecified atom stereocenters.